The maximum Gasteiger partial charge on any atom is 0.141 e. The molecule has 4 aromatic carbocycles. The lowest BCUT2D eigenvalue weighted by Gasteiger charge is -2.04. The minimum absolute atomic E-state index is 0.0159. The molecule has 0 saturated heterocycles. The molecule has 0 radical (unpaired) electrons. The van der Waals surface area contributed by atoms with Gasteiger partial charge in [0.25, 0.3) is 0 Å². The van der Waals surface area contributed by atoms with E-state index in [9.17, 15) is 15.3 Å². The van der Waals surface area contributed by atoms with Crippen molar-refractivity contribution in [3.8, 4) is 17.2 Å². The molecule has 4 N–H and O–H groups in total. The normalized spacial score (nSPS) is 11.0. The van der Waals surface area contributed by atoms with Crippen molar-refractivity contribution in [1.82, 2.24) is 0 Å². The summed E-state index contributed by atoms with van der Waals surface area (Å²) in [4.78, 5) is 8.14. The highest BCUT2D eigenvalue weighted by Crippen LogP contribution is 2.26. The van der Waals surface area contributed by atoms with Gasteiger partial charge in [-0.2, -0.15) is 0 Å². The third-order valence-electron chi connectivity index (χ3n) is 4.56. The van der Waals surface area contributed by atoms with Gasteiger partial charge in [-0.1, -0.05) is 54.6 Å². The topological polar surface area (TPSA) is 106 Å². The number of aliphatic hydroxyl groups excluding tert-OH is 1. The second-order valence-electron chi connectivity index (χ2n) is 6.78. The maximum atomic E-state index is 9.75. The van der Waals surface area contributed by atoms with E-state index in [1.807, 2.05) is 36.4 Å². The van der Waals surface area contributed by atoms with E-state index in [-0.39, 0.29) is 23.9 Å². The number of hydrogen-bond acceptors (Lipinski definition) is 6. The van der Waals surface area contributed by atoms with Gasteiger partial charge in [-0.15, -0.1) is 0 Å². The number of hydrogen-bond donors (Lipinski definition) is 4. The largest absolute Gasteiger partial charge is 0.507 e. The van der Waals surface area contributed by atoms with Crippen LogP contribution in [0.3, 0.4) is 0 Å². The standard InChI is InChI=1S/C13H11NO2.C13H13NO2/c15-12-7-3-1-5-10(12)9-14-11-6-2-4-8-13(11)16;15-8-7-14-9-12-11-4-2-1-3-10(11)5-6-13(12)16/h1-9,15-16H;1-6,9,15-16H,7-8H2. The van der Waals surface area contributed by atoms with Crippen LogP contribution in [0.15, 0.2) is 94.9 Å². The number of aliphatic imine (C=N–C) groups is 2. The predicted octanol–water partition coefficient (Wildman–Crippen LogP) is 4.81. The highest BCUT2D eigenvalue weighted by molar-refractivity contribution is 6.02. The molecule has 0 heterocycles. The number of benzene rings is 4. The number of phenolic OH excluding ortho intramolecular Hbond substituents is 3. The molecule has 0 aliphatic carbocycles. The third kappa shape index (κ3) is 5.93. The van der Waals surface area contributed by atoms with E-state index in [0.717, 1.165) is 10.8 Å². The van der Waals surface area contributed by atoms with Crippen LogP contribution in [-0.4, -0.2) is 46.0 Å². The smallest absolute Gasteiger partial charge is 0.141 e. The average Bonchev–Trinajstić information content (AvgIpc) is 2.81. The number of fused-ring (bicyclic) bond motifs is 1. The third-order valence-corrected chi connectivity index (χ3v) is 4.56. The first-order valence-corrected chi connectivity index (χ1v) is 10.0. The van der Waals surface area contributed by atoms with E-state index in [1.54, 1.807) is 54.7 Å². The average molecular weight is 428 g/mol. The fourth-order valence-corrected chi connectivity index (χ4v) is 2.94. The second-order valence-corrected chi connectivity index (χ2v) is 6.78. The van der Waals surface area contributed by atoms with Crippen molar-refractivity contribution in [3.05, 3.63) is 96.1 Å². The van der Waals surface area contributed by atoms with Crippen molar-refractivity contribution in [2.45, 2.75) is 0 Å². The van der Waals surface area contributed by atoms with Gasteiger partial charge in [-0.05, 0) is 41.1 Å². The highest BCUT2D eigenvalue weighted by Gasteiger charge is 2.03. The Balaban J connectivity index is 0.000000181. The van der Waals surface area contributed by atoms with Gasteiger partial charge in [0.15, 0.2) is 0 Å². The molecule has 0 fully saturated rings. The molecule has 0 spiro atoms. The Labute approximate surface area is 186 Å². The number of aliphatic hydroxyl groups is 1. The van der Waals surface area contributed by atoms with Crippen molar-refractivity contribution in [1.29, 1.82) is 0 Å². The van der Waals surface area contributed by atoms with Crippen LogP contribution in [0.4, 0.5) is 5.69 Å². The van der Waals surface area contributed by atoms with Gasteiger partial charge in [0.2, 0.25) is 0 Å². The van der Waals surface area contributed by atoms with Crippen molar-refractivity contribution in [3.63, 3.8) is 0 Å². The van der Waals surface area contributed by atoms with Crippen LogP contribution in [0, 0.1) is 0 Å². The van der Waals surface area contributed by atoms with Crippen LogP contribution in [0.2, 0.25) is 0 Å². The monoisotopic (exact) mass is 428 g/mol. The molecule has 0 amide bonds. The van der Waals surface area contributed by atoms with Crippen molar-refractivity contribution in [2.75, 3.05) is 13.2 Å². The lowest BCUT2D eigenvalue weighted by atomic mass is 10.0. The molecule has 4 aromatic rings. The molecule has 0 aromatic heterocycles. The quantitative estimate of drug-likeness (QED) is 0.343. The van der Waals surface area contributed by atoms with Crippen LogP contribution in [0.1, 0.15) is 11.1 Å². The Hall–Kier alpha value is -4.16. The molecule has 0 saturated carbocycles. The van der Waals surface area contributed by atoms with E-state index in [4.69, 9.17) is 5.11 Å². The fraction of sp³-hybridized carbons (Fsp3) is 0.0769. The Kier molecular flexibility index (Phi) is 7.95. The lowest BCUT2D eigenvalue weighted by molar-refractivity contribution is 0.307. The SMILES string of the molecule is OCCN=Cc1c(O)ccc2ccccc12.Oc1ccccc1C=Nc1ccccc1O. The first-order valence-electron chi connectivity index (χ1n) is 10.0. The first kappa shape index (κ1) is 22.5. The summed E-state index contributed by atoms with van der Waals surface area (Å²) in [6, 6.07) is 25.0. The summed E-state index contributed by atoms with van der Waals surface area (Å²) in [5.74, 6) is 0.497. The van der Waals surface area contributed by atoms with Gasteiger partial charge in [-0.3, -0.25) is 9.98 Å². The summed E-state index contributed by atoms with van der Waals surface area (Å²) >= 11 is 0. The van der Waals surface area contributed by atoms with Gasteiger partial charge in [-0.25, -0.2) is 0 Å². The molecule has 0 aliphatic heterocycles. The summed E-state index contributed by atoms with van der Waals surface area (Å²) in [7, 11) is 0. The summed E-state index contributed by atoms with van der Waals surface area (Å²) in [5.41, 5.74) is 1.79. The molecule has 0 bridgehead atoms. The summed E-state index contributed by atoms with van der Waals surface area (Å²) < 4.78 is 0. The van der Waals surface area contributed by atoms with Crippen LogP contribution in [-0.2, 0) is 0 Å². The Bertz CT molecular complexity index is 1190. The molecular formula is C26H24N2O4. The van der Waals surface area contributed by atoms with Crippen molar-refractivity contribution >= 4 is 28.9 Å². The Morgan fingerprint density at radius 2 is 1.34 bits per heavy atom. The van der Waals surface area contributed by atoms with Crippen molar-refractivity contribution < 1.29 is 20.4 Å². The molecule has 0 aliphatic rings. The number of nitrogens with zero attached hydrogens (tertiary/aromatic N) is 2. The highest BCUT2D eigenvalue weighted by atomic mass is 16.3. The number of para-hydroxylation sites is 3. The van der Waals surface area contributed by atoms with Crippen LogP contribution < -0.4 is 0 Å². The van der Waals surface area contributed by atoms with E-state index >= 15 is 0 Å². The predicted molar refractivity (Wildman–Crippen MR) is 129 cm³/mol. The number of aromatic hydroxyl groups is 3. The molecule has 162 valence electrons. The van der Waals surface area contributed by atoms with Gasteiger partial charge in [0, 0.05) is 23.6 Å². The number of rotatable bonds is 5. The van der Waals surface area contributed by atoms with Gasteiger partial charge >= 0.3 is 0 Å². The van der Waals surface area contributed by atoms with Crippen molar-refractivity contribution in [2.24, 2.45) is 9.98 Å². The number of phenols is 3. The maximum absolute atomic E-state index is 9.75. The fourth-order valence-electron chi connectivity index (χ4n) is 2.94. The molecule has 0 unspecified atom stereocenters. The first-order chi connectivity index (χ1) is 15.6. The van der Waals surface area contributed by atoms with E-state index in [1.165, 1.54) is 6.21 Å². The molecule has 6 nitrogen and oxygen atoms in total. The molecular weight excluding hydrogens is 404 g/mol. The zero-order valence-electron chi connectivity index (χ0n) is 17.3. The molecule has 32 heavy (non-hydrogen) atoms. The zero-order valence-corrected chi connectivity index (χ0v) is 17.3. The lowest BCUT2D eigenvalue weighted by Crippen LogP contribution is -1.91. The van der Waals surface area contributed by atoms with Gasteiger partial charge < -0.3 is 20.4 Å². The molecule has 6 heteroatoms. The molecule has 0 atom stereocenters. The minimum Gasteiger partial charge on any atom is -0.507 e. The summed E-state index contributed by atoms with van der Waals surface area (Å²) in [6.45, 7) is 0.366. The summed E-state index contributed by atoms with van der Waals surface area (Å²) in [5, 5.41) is 39.4. The summed E-state index contributed by atoms with van der Waals surface area (Å²) in [6.07, 6.45) is 3.12. The van der Waals surface area contributed by atoms with Crippen LogP contribution >= 0.6 is 0 Å². The second kappa shape index (κ2) is 11.3. The minimum atomic E-state index is 0.0159. The van der Waals surface area contributed by atoms with E-state index in [0.29, 0.717) is 23.4 Å². The van der Waals surface area contributed by atoms with Crippen LogP contribution in [0.25, 0.3) is 10.8 Å². The van der Waals surface area contributed by atoms with E-state index in [2.05, 4.69) is 9.98 Å². The Morgan fingerprint density at radius 1 is 0.656 bits per heavy atom. The van der Waals surface area contributed by atoms with Crippen LogP contribution in [0.5, 0.6) is 17.2 Å². The van der Waals surface area contributed by atoms with Gasteiger partial charge in [0.05, 0.1) is 13.2 Å². The van der Waals surface area contributed by atoms with E-state index < -0.39 is 0 Å². The Morgan fingerprint density at radius 3 is 2.09 bits per heavy atom. The van der Waals surface area contributed by atoms with Gasteiger partial charge in [0.1, 0.15) is 22.9 Å². The zero-order chi connectivity index (χ0) is 22.8. The molecule has 4 rings (SSSR count).